The molecule has 0 aromatic carbocycles. The van der Waals surface area contributed by atoms with Gasteiger partial charge in [-0.1, -0.05) is 20.3 Å². The Morgan fingerprint density at radius 2 is 1.47 bits per heavy atom. The summed E-state index contributed by atoms with van der Waals surface area (Å²) in [6, 6.07) is -1.43. The summed E-state index contributed by atoms with van der Waals surface area (Å²) >= 11 is 0. The van der Waals surface area contributed by atoms with E-state index in [1.165, 1.54) is 6.92 Å². The first-order valence-corrected chi connectivity index (χ1v) is 4.70. The maximum Gasteiger partial charge on any atom is 0.320 e. The third-order valence-electron chi connectivity index (χ3n) is 1.93. The van der Waals surface area contributed by atoms with Gasteiger partial charge in [-0.3, -0.25) is 9.59 Å². The molecule has 0 fully saturated rings. The minimum Gasteiger partial charge on any atom is -0.480 e. The van der Waals surface area contributed by atoms with Crippen LogP contribution in [0.3, 0.4) is 0 Å². The highest BCUT2D eigenvalue weighted by Gasteiger charge is 2.17. The Balaban J connectivity index is 0. The van der Waals surface area contributed by atoms with Crippen molar-refractivity contribution in [3.05, 3.63) is 0 Å². The van der Waals surface area contributed by atoms with Gasteiger partial charge in [0.1, 0.15) is 12.1 Å². The average Bonchev–Trinajstić information content (AvgIpc) is 2.16. The van der Waals surface area contributed by atoms with Gasteiger partial charge in [-0.05, 0) is 12.8 Å². The number of carbonyl (C=O) groups is 2. The highest BCUT2D eigenvalue weighted by Crippen LogP contribution is 2.04. The van der Waals surface area contributed by atoms with Gasteiger partial charge in [-0.25, -0.2) is 0 Å². The number of aliphatic carboxylic acids is 2. The fourth-order valence-electron chi connectivity index (χ4n) is 0.497. The van der Waals surface area contributed by atoms with E-state index in [4.69, 9.17) is 21.7 Å². The van der Waals surface area contributed by atoms with Crippen LogP contribution in [0.25, 0.3) is 0 Å². The lowest BCUT2D eigenvalue weighted by Crippen LogP contribution is -2.36. The second-order valence-corrected chi connectivity index (χ2v) is 3.38. The Labute approximate surface area is 89.3 Å². The average molecular weight is 220 g/mol. The summed E-state index contributed by atoms with van der Waals surface area (Å²) in [5.41, 5.74) is 10.1. The predicted octanol–water partition coefficient (Wildman–Crippen LogP) is -0.137. The third kappa shape index (κ3) is 9.17. The fraction of sp³-hybridized carbons (Fsp3) is 0.778. The lowest BCUT2D eigenvalue weighted by atomic mass is 10.0. The molecule has 6 nitrogen and oxygen atoms in total. The quantitative estimate of drug-likeness (QED) is 0.522. The van der Waals surface area contributed by atoms with Gasteiger partial charge in [0.25, 0.3) is 0 Å². The van der Waals surface area contributed by atoms with Crippen LogP contribution in [0, 0.1) is 5.92 Å². The van der Waals surface area contributed by atoms with E-state index in [9.17, 15) is 9.59 Å². The normalized spacial score (nSPS) is 15.5. The molecule has 90 valence electrons. The van der Waals surface area contributed by atoms with Crippen LogP contribution in [0.2, 0.25) is 0 Å². The first-order valence-electron chi connectivity index (χ1n) is 4.70. The number of hydrogen-bond acceptors (Lipinski definition) is 4. The molecule has 0 saturated heterocycles. The Hall–Kier alpha value is -1.14. The van der Waals surface area contributed by atoms with Crippen LogP contribution < -0.4 is 11.5 Å². The monoisotopic (exact) mass is 220 g/mol. The van der Waals surface area contributed by atoms with Gasteiger partial charge in [0, 0.05) is 0 Å². The summed E-state index contributed by atoms with van der Waals surface area (Å²) in [6.45, 7) is 5.18. The van der Waals surface area contributed by atoms with Crippen molar-refractivity contribution in [1.29, 1.82) is 0 Å². The maximum absolute atomic E-state index is 10.2. The minimum absolute atomic E-state index is 0.0718. The van der Waals surface area contributed by atoms with Crippen molar-refractivity contribution in [2.45, 2.75) is 39.3 Å². The molecule has 0 aromatic heterocycles. The molecule has 0 aromatic rings. The van der Waals surface area contributed by atoms with E-state index in [0.29, 0.717) is 0 Å². The second-order valence-electron chi connectivity index (χ2n) is 3.38. The second kappa shape index (κ2) is 8.19. The first-order chi connectivity index (χ1) is 6.73. The lowest BCUT2D eigenvalue weighted by molar-refractivity contribution is -0.140. The van der Waals surface area contributed by atoms with Crippen LogP contribution in [-0.2, 0) is 9.59 Å². The van der Waals surface area contributed by atoms with Crippen molar-refractivity contribution < 1.29 is 19.8 Å². The number of nitrogens with two attached hydrogens (primary N) is 2. The summed E-state index contributed by atoms with van der Waals surface area (Å²) in [5, 5.41) is 16.2. The zero-order chi connectivity index (χ0) is 12.6. The lowest BCUT2D eigenvalue weighted by Gasteiger charge is -2.11. The van der Waals surface area contributed by atoms with Crippen molar-refractivity contribution in [3.8, 4) is 0 Å². The van der Waals surface area contributed by atoms with Crippen molar-refractivity contribution in [1.82, 2.24) is 0 Å². The van der Waals surface area contributed by atoms with Crippen molar-refractivity contribution in [3.63, 3.8) is 0 Å². The van der Waals surface area contributed by atoms with Crippen LogP contribution in [0.15, 0.2) is 0 Å². The highest BCUT2D eigenvalue weighted by molar-refractivity contribution is 5.73. The number of hydrogen-bond donors (Lipinski definition) is 4. The molecule has 0 saturated carbocycles. The van der Waals surface area contributed by atoms with Crippen LogP contribution in [0.4, 0.5) is 0 Å². The molecule has 0 aliphatic heterocycles. The summed E-state index contributed by atoms with van der Waals surface area (Å²) in [6.07, 6.45) is 0.813. The molecule has 0 aliphatic carbocycles. The standard InChI is InChI=1S/C6H13NO2.C3H7NO2/c1-3-4(2)5(7)6(8)9;1-2(4)3(5)6/h4-5H,3,7H2,1-2H3,(H,8,9);2H,4H2,1H3,(H,5,6)/t4-,5-;/m0./s1. The van der Waals surface area contributed by atoms with Gasteiger partial charge in [0.15, 0.2) is 0 Å². The van der Waals surface area contributed by atoms with Gasteiger partial charge in [0.05, 0.1) is 0 Å². The van der Waals surface area contributed by atoms with Crippen LogP contribution in [0.5, 0.6) is 0 Å². The SMILES string of the molecule is CC(N)C(=O)O.CC[C@H](C)[C@H](N)C(=O)O. The van der Waals surface area contributed by atoms with Gasteiger partial charge in [0.2, 0.25) is 0 Å². The van der Waals surface area contributed by atoms with E-state index < -0.39 is 24.0 Å². The van der Waals surface area contributed by atoms with E-state index in [2.05, 4.69) is 0 Å². The topological polar surface area (TPSA) is 127 Å². The zero-order valence-corrected chi connectivity index (χ0v) is 9.30. The molecule has 15 heavy (non-hydrogen) atoms. The van der Waals surface area contributed by atoms with Crippen molar-refractivity contribution >= 4 is 11.9 Å². The van der Waals surface area contributed by atoms with E-state index in [1.807, 2.05) is 13.8 Å². The van der Waals surface area contributed by atoms with Crippen molar-refractivity contribution in [2.75, 3.05) is 0 Å². The largest absolute Gasteiger partial charge is 0.480 e. The smallest absolute Gasteiger partial charge is 0.320 e. The number of carboxylic acids is 2. The van der Waals surface area contributed by atoms with E-state index in [1.54, 1.807) is 0 Å². The summed E-state index contributed by atoms with van der Waals surface area (Å²) < 4.78 is 0. The number of rotatable bonds is 4. The Kier molecular flexibility index (Phi) is 8.90. The molecule has 0 heterocycles. The molecular formula is C9H20N2O4. The third-order valence-corrected chi connectivity index (χ3v) is 1.93. The molecule has 6 heteroatoms. The van der Waals surface area contributed by atoms with Gasteiger partial charge >= 0.3 is 11.9 Å². The minimum atomic E-state index is -0.963. The Morgan fingerprint density at radius 1 is 1.13 bits per heavy atom. The maximum atomic E-state index is 10.2. The van der Waals surface area contributed by atoms with E-state index >= 15 is 0 Å². The van der Waals surface area contributed by atoms with E-state index in [0.717, 1.165) is 6.42 Å². The summed E-state index contributed by atoms with van der Waals surface area (Å²) in [5.74, 6) is -1.80. The molecule has 0 amide bonds. The molecule has 0 spiro atoms. The Bertz CT molecular complexity index is 206. The molecule has 0 radical (unpaired) electrons. The predicted molar refractivity (Wildman–Crippen MR) is 56.4 cm³/mol. The number of carboxylic acid groups (broad SMARTS) is 2. The Morgan fingerprint density at radius 3 is 1.53 bits per heavy atom. The molecule has 0 bridgehead atoms. The zero-order valence-electron chi connectivity index (χ0n) is 9.30. The summed E-state index contributed by atoms with van der Waals surface area (Å²) in [4.78, 5) is 19.7. The molecule has 1 unspecified atom stereocenters. The van der Waals surface area contributed by atoms with Crippen molar-refractivity contribution in [2.24, 2.45) is 17.4 Å². The molecule has 0 rings (SSSR count). The molecule has 3 atom stereocenters. The van der Waals surface area contributed by atoms with Crippen LogP contribution in [-0.4, -0.2) is 34.2 Å². The summed E-state index contributed by atoms with van der Waals surface area (Å²) in [7, 11) is 0. The molecular weight excluding hydrogens is 200 g/mol. The van der Waals surface area contributed by atoms with Crippen LogP contribution >= 0.6 is 0 Å². The van der Waals surface area contributed by atoms with Crippen LogP contribution in [0.1, 0.15) is 27.2 Å². The highest BCUT2D eigenvalue weighted by atomic mass is 16.4. The first kappa shape index (κ1) is 16.3. The van der Waals surface area contributed by atoms with Gasteiger partial charge < -0.3 is 21.7 Å². The fourth-order valence-corrected chi connectivity index (χ4v) is 0.497. The molecule has 6 N–H and O–H groups in total. The van der Waals surface area contributed by atoms with Gasteiger partial charge in [-0.2, -0.15) is 0 Å². The van der Waals surface area contributed by atoms with Gasteiger partial charge in [-0.15, -0.1) is 0 Å². The van der Waals surface area contributed by atoms with E-state index in [-0.39, 0.29) is 5.92 Å². The molecule has 0 aliphatic rings.